The summed E-state index contributed by atoms with van der Waals surface area (Å²) in [6.07, 6.45) is -2.93. The highest BCUT2D eigenvalue weighted by Gasteiger charge is 2.33. The van der Waals surface area contributed by atoms with E-state index in [4.69, 9.17) is 39.5 Å². The Labute approximate surface area is 116 Å². The highest BCUT2D eigenvalue weighted by molar-refractivity contribution is 6.68. The number of aliphatic hydroxyl groups is 2. The zero-order valence-electron chi connectivity index (χ0n) is 9.91. The fourth-order valence-corrected chi connectivity index (χ4v) is 1.32. The van der Waals surface area contributed by atoms with Crippen LogP contribution in [0.2, 0.25) is 0 Å². The van der Waals surface area contributed by atoms with Gasteiger partial charge in [0.1, 0.15) is 11.7 Å². The summed E-state index contributed by atoms with van der Waals surface area (Å²) in [4.78, 5) is 11.3. The van der Waals surface area contributed by atoms with Gasteiger partial charge in [-0.25, -0.2) is 0 Å². The molecule has 0 aliphatic heterocycles. The minimum atomic E-state index is -1.88. The second-order valence-corrected chi connectivity index (χ2v) is 7.11. The molecule has 0 heterocycles. The molecule has 0 rings (SSSR count). The van der Waals surface area contributed by atoms with Gasteiger partial charge in [0.25, 0.3) is 0 Å². The van der Waals surface area contributed by atoms with Crippen LogP contribution in [0.1, 0.15) is 33.6 Å². The second kappa shape index (κ2) is 6.43. The number of ether oxygens (including phenoxy) is 1. The van der Waals surface area contributed by atoms with Crippen molar-refractivity contribution in [3.63, 3.8) is 0 Å². The molecule has 0 amide bonds. The Bertz CT molecular complexity index is 257. The van der Waals surface area contributed by atoms with Crippen molar-refractivity contribution in [2.24, 2.45) is 0 Å². The van der Waals surface area contributed by atoms with Crippen LogP contribution in [0.15, 0.2) is 0 Å². The molecule has 2 atom stereocenters. The molecule has 4 nitrogen and oxygen atoms in total. The third kappa shape index (κ3) is 8.91. The van der Waals surface area contributed by atoms with Crippen LogP contribution in [-0.4, -0.2) is 37.8 Å². The number of hydrogen-bond donors (Lipinski definition) is 2. The third-order valence-electron chi connectivity index (χ3n) is 1.70. The van der Waals surface area contributed by atoms with Gasteiger partial charge in [0, 0.05) is 6.42 Å². The number of halogens is 3. The Balaban J connectivity index is 4.11. The number of hydrogen-bond acceptors (Lipinski definition) is 4. The van der Waals surface area contributed by atoms with Crippen molar-refractivity contribution in [2.75, 3.05) is 0 Å². The molecule has 2 N–H and O–H groups in total. The highest BCUT2D eigenvalue weighted by atomic mass is 35.6. The molecule has 0 aliphatic carbocycles. The SMILES string of the molecule is CC(C)(C)OC(=O)C[C@@H](O)C[C@@H](O)C(Cl)(Cl)Cl. The maximum atomic E-state index is 11.3. The molecular formula is C10H17Cl3O4. The summed E-state index contributed by atoms with van der Waals surface area (Å²) in [6.45, 7) is 5.15. The minimum Gasteiger partial charge on any atom is -0.460 e. The van der Waals surface area contributed by atoms with E-state index in [9.17, 15) is 15.0 Å². The highest BCUT2D eigenvalue weighted by Crippen LogP contribution is 2.32. The maximum absolute atomic E-state index is 11.3. The van der Waals surface area contributed by atoms with Gasteiger partial charge in [-0.15, -0.1) is 0 Å². The van der Waals surface area contributed by atoms with Gasteiger partial charge in [-0.1, -0.05) is 34.8 Å². The average Bonchev–Trinajstić information content (AvgIpc) is 1.96. The van der Waals surface area contributed by atoms with Crippen LogP contribution < -0.4 is 0 Å². The first-order chi connectivity index (χ1) is 7.42. The summed E-state index contributed by atoms with van der Waals surface area (Å²) in [6, 6.07) is 0. The lowest BCUT2D eigenvalue weighted by Crippen LogP contribution is -2.32. The van der Waals surface area contributed by atoms with E-state index < -0.39 is 27.6 Å². The Morgan fingerprint density at radius 3 is 2.06 bits per heavy atom. The zero-order valence-corrected chi connectivity index (χ0v) is 12.2. The summed E-state index contributed by atoms with van der Waals surface area (Å²) >= 11 is 16.3. The summed E-state index contributed by atoms with van der Waals surface area (Å²) < 4.78 is 3.12. The van der Waals surface area contributed by atoms with Crippen molar-refractivity contribution < 1.29 is 19.7 Å². The first kappa shape index (κ1) is 17.3. The van der Waals surface area contributed by atoms with Gasteiger partial charge >= 0.3 is 5.97 Å². The van der Waals surface area contributed by atoms with Gasteiger partial charge < -0.3 is 14.9 Å². The lowest BCUT2D eigenvalue weighted by atomic mass is 10.1. The summed E-state index contributed by atoms with van der Waals surface area (Å²) in [7, 11) is 0. The summed E-state index contributed by atoms with van der Waals surface area (Å²) in [5.41, 5.74) is -0.620. The summed E-state index contributed by atoms with van der Waals surface area (Å²) in [5, 5.41) is 18.9. The molecule has 0 unspecified atom stereocenters. The standard InChI is InChI=1S/C10H17Cl3O4/c1-9(2,3)17-8(16)5-6(14)4-7(15)10(11,12)13/h6-7,14-15H,4-5H2,1-3H3/t6-,7+/m0/s1. The predicted molar refractivity (Wildman–Crippen MR) is 67.4 cm³/mol. The normalized spacial score (nSPS) is 16.5. The van der Waals surface area contributed by atoms with E-state index in [1.54, 1.807) is 20.8 Å². The van der Waals surface area contributed by atoms with Crippen LogP contribution in [0.25, 0.3) is 0 Å². The second-order valence-electron chi connectivity index (χ2n) is 4.74. The van der Waals surface area contributed by atoms with E-state index in [0.29, 0.717) is 0 Å². The van der Waals surface area contributed by atoms with Crippen molar-refractivity contribution in [2.45, 2.75) is 55.2 Å². The van der Waals surface area contributed by atoms with Gasteiger partial charge in [-0.05, 0) is 20.8 Å². The van der Waals surface area contributed by atoms with Crippen molar-refractivity contribution in [3.8, 4) is 0 Å². The van der Waals surface area contributed by atoms with Crippen molar-refractivity contribution in [1.82, 2.24) is 0 Å². The van der Waals surface area contributed by atoms with E-state index in [0.717, 1.165) is 0 Å². The molecule has 0 bridgehead atoms. The van der Waals surface area contributed by atoms with Gasteiger partial charge in [0.15, 0.2) is 0 Å². The Morgan fingerprint density at radius 2 is 1.71 bits per heavy atom. The fourth-order valence-electron chi connectivity index (χ4n) is 1.05. The molecule has 0 aliphatic rings. The molecule has 0 saturated carbocycles. The lowest BCUT2D eigenvalue weighted by molar-refractivity contribution is -0.157. The zero-order chi connectivity index (χ0) is 13.9. The Hall–Kier alpha value is 0.260. The average molecular weight is 308 g/mol. The number of esters is 1. The first-order valence-electron chi connectivity index (χ1n) is 5.06. The van der Waals surface area contributed by atoms with Gasteiger partial charge in [-0.2, -0.15) is 0 Å². The van der Waals surface area contributed by atoms with E-state index in [1.807, 2.05) is 0 Å². The van der Waals surface area contributed by atoms with Crippen molar-refractivity contribution in [3.05, 3.63) is 0 Å². The van der Waals surface area contributed by atoms with E-state index in [2.05, 4.69) is 0 Å². The first-order valence-corrected chi connectivity index (χ1v) is 6.20. The van der Waals surface area contributed by atoms with Crippen LogP contribution in [-0.2, 0) is 9.53 Å². The van der Waals surface area contributed by atoms with Crippen LogP contribution in [0, 0.1) is 0 Å². The molecule has 0 aromatic heterocycles. The van der Waals surface area contributed by atoms with Gasteiger partial charge in [0.05, 0.1) is 12.5 Å². The maximum Gasteiger partial charge on any atom is 0.308 e. The molecule has 0 spiro atoms. The Morgan fingerprint density at radius 1 is 1.24 bits per heavy atom. The molecule has 7 heteroatoms. The fraction of sp³-hybridized carbons (Fsp3) is 0.900. The monoisotopic (exact) mass is 306 g/mol. The molecule has 102 valence electrons. The van der Waals surface area contributed by atoms with Crippen LogP contribution in [0.3, 0.4) is 0 Å². The van der Waals surface area contributed by atoms with Crippen LogP contribution in [0.4, 0.5) is 0 Å². The molecule has 0 fully saturated rings. The predicted octanol–water partition coefficient (Wildman–Crippen LogP) is 2.20. The van der Waals surface area contributed by atoms with Crippen LogP contribution in [0.5, 0.6) is 0 Å². The topological polar surface area (TPSA) is 66.8 Å². The van der Waals surface area contributed by atoms with Crippen LogP contribution >= 0.6 is 34.8 Å². The Kier molecular flexibility index (Phi) is 6.53. The van der Waals surface area contributed by atoms with Gasteiger partial charge in [-0.3, -0.25) is 4.79 Å². The summed E-state index contributed by atoms with van der Waals surface area (Å²) in [5.74, 6) is -0.568. The lowest BCUT2D eigenvalue weighted by Gasteiger charge is -2.23. The quantitative estimate of drug-likeness (QED) is 0.617. The van der Waals surface area contributed by atoms with E-state index in [-0.39, 0.29) is 12.8 Å². The van der Waals surface area contributed by atoms with E-state index >= 15 is 0 Å². The largest absolute Gasteiger partial charge is 0.460 e. The van der Waals surface area contributed by atoms with Crippen molar-refractivity contribution in [1.29, 1.82) is 0 Å². The van der Waals surface area contributed by atoms with E-state index in [1.165, 1.54) is 0 Å². The number of aliphatic hydroxyl groups excluding tert-OH is 2. The molecule has 0 aromatic carbocycles. The number of carbonyl (C=O) groups excluding carboxylic acids is 1. The molecular weight excluding hydrogens is 290 g/mol. The van der Waals surface area contributed by atoms with Crippen molar-refractivity contribution >= 4 is 40.8 Å². The smallest absolute Gasteiger partial charge is 0.308 e. The molecule has 17 heavy (non-hydrogen) atoms. The molecule has 0 radical (unpaired) electrons. The van der Waals surface area contributed by atoms with Gasteiger partial charge in [0.2, 0.25) is 3.79 Å². The number of rotatable bonds is 4. The number of alkyl halides is 3. The molecule has 0 saturated heterocycles. The third-order valence-corrected chi connectivity index (χ3v) is 2.45. The number of carbonyl (C=O) groups is 1. The molecule has 0 aromatic rings. The minimum absolute atomic E-state index is 0.213.